The minimum absolute atomic E-state index is 0.0824. The summed E-state index contributed by atoms with van der Waals surface area (Å²) in [4.78, 5) is 51.0. The Morgan fingerprint density at radius 2 is 1.62 bits per heavy atom. The second-order valence-electron chi connectivity index (χ2n) is 13.7. The number of nitrogens with one attached hydrogen (secondary N) is 3. The third-order valence-electron chi connectivity index (χ3n) is 10.0. The number of hydrogen-bond donors (Lipinski definition) is 3. The van der Waals surface area contributed by atoms with Crippen LogP contribution >= 0.6 is 0 Å². The van der Waals surface area contributed by atoms with Gasteiger partial charge in [0.1, 0.15) is 6.04 Å². The van der Waals surface area contributed by atoms with Crippen molar-refractivity contribution < 1.29 is 14.4 Å². The highest BCUT2D eigenvalue weighted by Gasteiger charge is 2.34. The number of benzene rings is 3. The van der Waals surface area contributed by atoms with Gasteiger partial charge in [0.05, 0.1) is 11.3 Å². The second kappa shape index (κ2) is 14.6. The Hall–Kier alpha value is -4.63. The monoisotopic (exact) mass is 648 g/mol. The van der Waals surface area contributed by atoms with Gasteiger partial charge in [-0.05, 0) is 93.1 Å². The van der Waals surface area contributed by atoms with E-state index in [2.05, 4.69) is 46.8 Å². The molecule has 9 heteroatoms. The SMILES string of the molecule is Cc1ccccc1C1CCN(C(=O)N[C@@H](C(=O)Nc2cc(CN(C)C)ccc2C(=O)N2CCCC2)[C@H](C)c2c[nH]c3ccccc23)CC1. The molecule has 3 heterocycles. The summed E-state index contributed by atoms with van der Waals surface area (Å²) in [6.07, 6.45) is 5.62. The number of piperidine rings is 1. The summed E-state index contributed by atoms with van der Waals surface area (Å²) in [7, 11) is 3.97. The summed E-state index contributed by atoms with van der Waals surface area (Å²) >= 11 is 0. The van der Waals surface area contributed by atoms with Gasteiger partial charge in [-0.15, -0.1) is 0 Å². The van der Waals surface area contributed by atoms with Gasteiger partial charge in [-0.25, -0.2) is 4.79 Å². The Balaban J connectivity index is 1.27. The number of aryl methyl sites for hydroxylation is 1. The van der Waals surface area contributed by atoms with Gasteiger partial charge in [0.2, 0.25) is 5.91 Å². The first-order chi connectivity index (χ1) is 23.2. The minimum Gasteiger partial charge on any atom is -0.361 e. The summed E-state index contributed by atoms with van der Waals surface area (Å²) in [5, 5.41) is 7.26. The zero-order chi connectivity index (χ0) is 33.8. The molecule has 0 unspecified atom stereocenters. The molecule has 0 spiro atoms. The number of carbonyl (C=O) groups is 3. The molecule has 4 amide bonds. The van der Waals surface area contributed by atoms with E-state index < -0.39 is 6.04 Å². The molecule has 2 saturated heterocycles. The van der Waals surface area contributed by atoms with E-state index in [0.717, 1.165) is 47.7 Å². The zero-order valence-electron chi connectivity index (χ0n) is 28.6. The van der Waals surface area contributed by atoms with Crippen molar-refractivity contribution in [3.8, 4) is 0 Å². The van der Waals surface area contributed by atoms with Crippen LogP contribution < -0.4 is 10.6 Å². The summed E-state index contributed by atoms with van der Waals surface area (Å²) in [6.45, 7) is 7.42. The lowest BCUT2D eigenvalue weighted by atomic mass is 9.87. The Kier molecular flexibility index (Phi) is 10.2. The van der Waals surface area contributed by atoms with Gasteiger partial charge >= 0.3 is 6.03 Å². The van der Waals surface area contributed by atoms with E-state index in [0.29, 0.717) is 49.9 Å². The Morgan fingerprint density at radius 3 is 2.35 bits per heavy atom. The highest BCUT2D eigenvalue weighted by atomic mass is 16.2. The molecule has 3 aromatic carbocycles. The summed E-state index contributed by atoms with van der Waals surface area (Å²) in [5.74, 6) is -0.396. The Bertz CT molecular complexity index is 1770. The molecule has 0 saturated carbocycles. The van der Waals surface area contributed by atoms with Crippen molar-refractivity contribution in [3.63, 3.8) is 0 Å². The lowest BCUT2D eigenvalue weighted by molar-refractivity contribution is -0.118. The van der Waals surface area contributed by atoms with Crippen molar-refractivity contribution in [2.24, 2.45) is 0 Å². The number of rotatable bonds is 9. The fourth-order valence-electron chi connectivity index (χ4n) is 7.38. The maximum absolute atomic E-state index is 14.4. The quantitative estimate of drug-likeness (QED) is 0.194. The normalized spacial score (nSPS) is 16.7. The summed E-state index contributed by atoms with van der Waals surface area (Å²) in [5.41, 5.74) is 6.46. The van der Waals surface area contributed by atoms with Crippen LogP contribution in [0.3, 0.4) is 0 Å². The average molecular weight is 649 g/mol. The number of amides is 4. The van der Waals surface area contributed by atoms with Crippen LogP contribution in [0.15, 0.2) is 72.9 Å². The van der Waals surface area contributed by atoms with E-state index in [9.17, 15) is 14.4 Å². The van der Waals surface area contributed by atoms with E-state index in [1.807, 2.05) is 84.4 Å². The van der Waals surface area contributed by atoms with Crippen molar-refractivity contribution in [1.82, 2.24) is 25.0 Å². The largest absolute Gasteiger partial charge is 0.361 e. The molecule has 2 fully saturated rings. The number of fused-ring (bicyclic) bond motifs is 1. The van der Waals surface area contributed by atoms with Crippen LogP contribution in [0.25, 0.3) is 10.9 Å². The van der Waals surface area contributed by atoms with Gasteiger partial charge in [0, 0.05) is 55.7 Å². The number of aromatic nitrogens is 1. The maximum atomic E-state index is 14.4. The number of aromatic amines is 1. The smallest absolute Gasteiger partial charge is 0.318 e. The van der Waals surface area contributed by atoms with E-state index in [-0.39, 0.29) is 23.8 Å². The number of urea groups is 1. The van der Waals surface area contributed by atoms with Gasteiger partial charge in [-0.1, -0.05) is 55.5 Å². The molecule has 2 aliphatic rings. The van der Waals surface area contributed by atoms with Gasteiger partial charge in [0.25, 0.3) is 5.91 Å². The Labute approximate surface area is 283 Å². The van der Waals surface area contributed by atoms with Crippen molar-refractivity contribution in [2.45, 2.75) is 64.0 Å². The molecule has 6 rings (SSSR count). The van der Waals surface area contributed by atoms with Gasteiger partial charge < -0.3 is 30.3 Å². The Morgan fingerprint density at radius 1 is 0.917 bits per heavy atom. The molecule has 0 aliphatic carbocycles. The third kappa shape index (κ3) is 7.26. The number of hydrogen-bond acceptors (Lipinski definition) is 4. The van der Waals surface area contributed by atoms with Gasteiger partial charge in [-0.3, -0.25) is 9.59 Å². The van der Waals surface area contributed by atoms with Crippen molar-refractivity contribution in [1.29, 1.82) is 0 Å². The number of likely N-dealkylation sites (tertiary alicyclic amines) is 2. The molecule has 2 aliphatic heterocycles. The first kappa shape index (κ1) is 33.3. The fraction of sp³-hybridized carbons (Fsp3) is 0.410. The van der Waals surface area contributed by atoms with Crippen molar-refractivity contribution >= 4 is 34.4 Å². The first-order valence-corrected chi connectivity index (χ1v) is 17.2. The van der Waals surface area contributed by atoms with Crippen LogP contribution in [0.1, 0.15) is 77.1 Å². The maximum Gasteiger partial charge on any atom is 0.318 e. The molecule has 2 atom stereocenters. The van der Waals surface area contributed by atoms with Crippen LogP contribution in [0.5, 0.6) is 0 Å². The average Bonchev–Trinajstić information content (AvgIpc) is 3.78. The lowest BCUT2D eigenvalue weighted by Gasteiger charge is -2.34. The summed E-state index contributed by atoms with van der Waals surface area (Å²) in [6, 6.07) is 21.0. The molecule has 4 aromatic rings. The zero-order valence-corrected chi connectivity index (χ0v) is 28.6. The first-order valence-electron chi connectivity index (χ1n) is 17.2. The van der Waals surface area contributed by atoms with Crippen LogP contribution in [-0.4, -0.2) is 83.8 Å². The fourth-order valence-corrected chi connectivity index (χ4v) is 7.38. The molecule has 9 nitrogen and oxygen atoms in total. The molecule has 3 N–H and O–H groups in total. The molecule has 48 heavy (non-hydrogen) atoms. The number of anilines is 1. The highest BCUT2D eigenvalue weighted by molar-refractivity contribution is 6.06. The van der Waals surface area contributed by atoms with Gasteiger partial charge in [-0.2, -0.15) is 0 Å². The molecule has 1 aromatic heterocycles. The van der Waals surface area contributed by atoms with E-state index in [1.165, 1.54) is 11.1 Å². The third-order valence-corrected chi connectivity index (χ3v) is 10.0. The molecular formula is C39H48N6O3. The number of para-hydroxylation sites is 1. The van der Waals surface area contributed by atoms with E-state index >= 15 is 0 Å². The van der Waals surface area contributed by atoms with Crippen molar-refractivity contribution in [3.05, 3.63) is 101 Å². The lowest BCUT2D eigenvalue weighted by Crippen LogP contribution is -2.53. The van der Waals surface area contributed by atoms with Crippen LogP contribution in [-0.2, 0) is 11.3 Å². The minimum atomic E-state index is -0.891. The van der Waals surface area contributed by atoms with Crippen LogP contribution in [0, 0.1) is 6.92 Å². The molecule has 0 radical (unpaired) electrons. The topological polar surface area (TPSA) is 101 Å². The molecular weight excluding hydrogens is 600 g/mol. The second-order valence-corrected chi connectivity index (χ2v) is 13.7. The predicted octanol–water partition coefficient (Wildman–Crippen LogP) is 6.47. The van der Waals surface area contributed by atoms with Crippen molar-refractivity contribution in [2.75, 3.05) is 45.6 Å². The number of carbonyl (C=O) groups excluding carboxylic acids is 3. The van der Waals surface area contributed by atoms with Gasteiger partial charge in [0.15, 0.2) is 0 Å². The van der Waals surface area contributed by atoms with E-state index in [1.54, 1.807) is 0 Å². The predicted molar refractivity (Wildman–Crippen MR) is 191 cm³/mol. The summed E-state index contributed by atoms with van der Waals surface area (Å²) < 4.78 is 0. The number of nitrogens with zero attached hydrogens (tertiary/aromatic N) is 3. The van der Waals surface area contributed by atoms with Crippen LogP contribution in [0.2, 0.25) is 0 Å². The van der Waals surface area contributed by atoms with E-state index in [4.69, 9.17) is 0 Å². The molecule has 252 valence electrons. The number of H-pyrrole nitrogens is 1. The molecule has 0 bridgehead atoms. The van der Waals surface area contributed by atoms with Crippen LogP contribution in [0.4, 0.5) is 10.5 Å². The standard InChI is InChI=1S/C39H48N6O3/c1-26-11-5-6-12-30(26)29-17-21-45(22-18-29)39(48)42-36(27(2)33-24-40-34-14-8-7-13-31(33)34)37(46)41-35-23-28(25-43(3)4)15-16-32(35)38(47)44-19-9-10-20-44/h5-8,11-16,23-24,27,29,36,40H,9-10,17-22,25H2,1-4H3,(H,41,46)(H,42,48)/t27-,36-/m1/s1. The highest BCUT2D eigenvalue weighted by Crippen LogP contribution is 2.32.